The molecule has 0 radical (unpaired) electrons. The van der Waals surface area contributed by atoms with E-state index in [1.54, 1.807) is 0 Å². The number of nitrogens with one attached hydrogen (secondary N) is 2. The molecule has 0 spiro atoms. The van der Waals surface area contributed by atoms with E-state index in [9.17, 15) is 14.7 Å². The van der Waals surface area contributed by atoms with Gasteiger partial charge < -0.3 is 25.6 Å². The summed E-state index contributed by atoms with van der Waals surface area (Å²) in [4.78, 5) is 22.5. The molecule has 20 heavy (non-hydrogen) atoms. The van der Waals surface area contributed by atoms with Crippen LogP contribution in [0.3, 0.4) is 0 Å². The van der Waals surface area contributed by atoms with E-state index in [-0.39, 0.29) is 11.6 Å². The number of amides is 2. The van der Waals surface area contributed by atoms with Crippen LogP contribution in [0.1, 0.15) is 23.2 Å². The fraction of sp³-hybridized carbons (Fsp3) is 0.385. The van der Waals surface area contributed by atoms with Crippen LogP contribution in [0, 0.1) is 0 Å². The molecule has 1 saturated heterocycles. The number of hydrogen-bond donors (Lipinski definition) is 4. The molecule has 1 aromatic carbocycles. The Kier molecular flexibility index (Phi) is 4.41. The first-order chi connectivity index (χ1) is 9.56. The van der Waals surface area contributed by atoms with Crippen molar-refractivity contribution in [2.75, 3.05) is 18.5 Å². The van der Waals surface area contributed by atoms with Crippen LogP contribution in [0.4, 0.5) is 10.5 Å². The molecule has 2 amide bonds. The number of carbonyl (C=O) groups excluding carboxylic acids is 1. The van der Waals surface area contributed by atoms with Crippen LogP contribution in [-0.4, -0.2) is 41.5 Å². The van der Waals surface area contributed by atoms with Crippen LogP contribution >= 0.6 is 0 Å². The predicted molar refractivity (Wildman–Crippen MR) is 71.1 cm³/mol. The van der Waals surface area contributed by atoms with E-state index < -0.39 is 17.7 Å². The molecule has 4 N–H and O–H groups in total. The smallest absolute Gasteiger partial charge is 0.339 e. The summed E-state index contributed by atoms with van der Waals surface area (Å²) in [6.07, 6.45) is 1.76. The summed E-state index contributed by atoms with van der Waals surface area (Å²) in [5.41, 5.74) is 0.110. The number of phenols is 1. The number of benzene rings is 1. The van der Waals surface area contributed by atoms with E-state index in [0.29, 0.717) is 18.9 Å². The molecule has 7 heteroatoms. The topological polar surface area (TPSA) is 108 Å². The van der Waals surface area contributed by atoms with Crippen molar-refractivity contribution in [2.45, 2.75) is 18.9 Å². The standard InChI is InChI=1S/C13H16N2O5/c16-11-6-8(3-4-10(11)12(17)18)14-13(19)15-9-2-1-5-20-7-9/h3-4,6,9,16H,1-2,5,7H2,(H,17,18)(H2,14,15,19). The molecule has 7 nitrogen and oxygen atoms in total. The van der Waals surface area contributed by atoms with Gasteiger partial charge in [0.25, 0.3) is 0 Å². The minimum absolute atomic E-state index is 0.0318. The molecule has 1 unspecified atom stereocenters. The summed E-state index contributed by atoms with van der Waals surface area (Å²) in [5.74, 6) is -1.62. The average molecular weight is 280 g/mol. The van der Waals surface area contributed by atoms with E-state index in [1.807, 2.05) is 0 Å². The number of hydrogen-bond acceptors (Lipinski definition) is 4. The van der Waals surface area contributed by atoms with E-state index in [1.165, 1.54) is 18.2 Å². The number of ether oxygens (including phenoxy) is 1. The fourth-order valence-corrected chi connectivity index (χ4v) is 2.00. The zero-order valence-electron chi connectivity index (χ0n) is 10.8. The molecule has 108 valence electrons. The van der Waals surface area contributed by atoms with Crippen molar-refractivity contribution < 1.29 is 24.5 Å². The van der Waals surface area contributed by atoms with Gasteiger partial charge in [0.15, 0.2) is 0 Å². The number of carbonyl (C=O) groups is 2. The number of aromatic carboxylic acids is 1. The Labute approximate surface area is 115 Å². The zero-order chi connectivity index (χ0) is 14.5. The van der Waals surface area contributed by atoms with Crippen molar-refractivity contribution in [3.05, 3.63) is 23.8 Å². The minimum atomic E-state index is -1.22. The Balaban J connectivity index is 1.93. The van der Waals surface area contributed by atoms with Gasteiger partial charge in [0.2, 0.25) is 0 Å². The molecule has 0 saturated carbocycles. The summed E-state index contributed by atoms with van der Waals surface area (Å²) in [5, 5.41) is 23.6. The Hall–Kier alpha value is -2.28. The fourth-order valence-electron chi connectivity index (χ4n) is 2.00. The van der Waals surface area contributed by atoms with Gasteiger partial charge in [-0.3, -0.25) is 0 Å². The van der Waals surface area contributed by atoms with Crippen molar-refractivity contribution in [1.82, 2.24) is 5.32 Å². The van der Waals surface area contributed by atoms with Gasteiger partial charge in [0.05, 0.1) is 12.6 Å². The molecule has 1 aliphatic heterocycles. The van der Waals surface area contributed by atoms with Crippen molar-refractivity contribution in [3.8, 4) is 5.75 Å². The molecule has 1 fully saturated rings. The van der Waals surface area contributed by atoms with Crippen LogP contribution < -0.4 is 10.6 Å². The highest BCUT2D eigenvalue weighted by Gasteiger charge is 2.16. The second-order valence-electron chi connectivity index (χ2n) is 4.55. The van der Waals surface area contributed by atoms with E-state index in [4.69, 9.17) is 9.84 Å². The average Bonchev–Trinajstić information content (AvgIpc) is 2.39. The molecule has 1 heterocycles. The van der Waals surface area contributed by atoms with Crippen molar-refractivity contribution in [2.24, 2.45) is 0 Å². The molecule has 1 aliphatic rings. The molecule has 2 rings (SSSR count). The van der Waals surface area contributed by atoms with Gasteiger partial charge in [-0.05, 0) is 25.0 Å². The van der Waals surface area contributed by atoms with Gasteiger partial charge in [0.1, 0.15) is 11.3 Å². The van der Waals surface area contributed by atoms with Crippen molar-refractivity contribution >= 4 is 17.7 Å². The number of carboxylic acids is 1. The lowest BCUT2D eigenvalue weighted by Crippen LogP contribution is -2.42. The summed E-state index contributed by atoms with van der Waals surface area (Å²) in [7, 11) is 0. The lowest BCUT2D eigenvalue weighted by molar-refractivity contribution is 0.0693. The van der Waals surface area contributed by atoms with Crippen LogP contribution in [0.2, 0.25) is 0 Å². The van der Waals surface area contributed by atoms with Gasteiger partial charge in [0, 0.05) is 18.4 Å². The first-order valence-electron chi connectivity index (χ1n) is 6.28. The Morgan fingerprint density at radius 1 is 1.35 bits per heavy atom. The second-order valence-corrected chi connectivity index (χ2v) is 4.55. The van der Waals surface area contributed by atoms with Gasteiger partial charge in [-0.1, -0.05) is 0 Å². The van der Waals surface area contributed by atoms with E-state index in [0.717, 1.165) is 12.8 Å². The molecule has 0 aromatic heterocycles. The maximum atomic E-state index is 11.7. The van der Waals surface area contributed by atoms with Gasteiger partial charge in [-0.15, -0.1) is 0 Å². The maximum absolute atomic E-state index is 11.7. The van der Waals surface area contributed by atoms with Crippen LogP contribution in [-0.2, 0) is 4.74 Å². The largest absolute Gasteiger partial charge is 0.507 e. The molecule has 1 atom stereocenters. The number of carboxylic acid groups (broad SMARTS) is 1. The second kappa shape index (κ2) is 6.25. The maximum Gasteiger partial charge on any atom is 0.339 e. The summed E-state index contributed by atoms with van der Waals surface area (Å²) in [6, 6.07) is 3.40. The number of rotatable bonds is 3. The highest BCUT2D eigenvalue weighted by molar-refractivity contribution is 5.94. The van der Waals surface area contributed by atoms with E-state index >= 15 is 0 Å². The van der Waals surface area contributed by atoms with Gasteiger partial charge >= 0.3 is 12.0 Å². The van der Waals surface area contributed by atoms with Crippen molar-refractivity contribution in [1.29, 1.82) is 0 Å². The zero-order valence-corrected chi connectivity index (χ0v) is 10.8. The number of anilines is 1. The third kappa shape index (κ3) is 3.61. The molecule has 1 aromatic rings. The summed E-state index contributed by atoms with van der Waals surface area (Å²) < 4.78 is 5.25. The van der Waals surface area contributed by atoms with Crippen LogP contribution in [0.5, 0.6) is 5.75 Å². The highest BCUT2D eigenvalue weighted by atomic mass is 16.5. The first-order valence-corrected chi connectivity index (χ1v) is 6.28. The summed E-state index contributed by atoms with van der Waals surface area (Å²) in [6.45, 7) is 1.20. The van der Waals surface area contributed by atoms with E-state index in [2.05, 4.69) is 10.6 Å². The lowest BCUT2D eigenvalue weighted by atomic mass is 10.1. The van der Waals surface area contributed by atoms with Gasteiger partial charge in [-0.2, -0.15) is 0 Å². The highest BCUT2D eigenvalue weighted by Crippen LogP contribution is 2.21. The van der Waals surface area contributed by atoms with Crippen molar-refractivity contribution in [3.63, 3.8) is 0 Å². The first kappa shape index (κ1) is 14.1. The quantitative estimate of drug-likeness (QED) is 0.669. The molecule has 0 bridgehead atoms. The minimum Gasteiger partial charge on any atom is -0.507 e. The Bertz CT molecular complexity index is 511. The third-order valence-corrected chi connectivity index (χ3v) is 2.98. The molecule has 0 aliphatic carbocycles. The van der Waals surface area contributed by atoms with Crippen LogP contribution in [0.15, 0.2) is 18.2 Å². The number of aromatic hydroxyl groups is 1. The predicted octanol–water partition coefficient (Wildman–Crippen LogP) is 1.39. The summed E-state index contributed by atoms with van der Waals surface area (Å²) >= 11 is 0. The monoisotopic (exact) mass is 280 g/mol. The third-order valence-electron chi connectivity index (χ3n) is 2.98. The Morgan fingerprint density at radius 3 is 2.75 bits per heavy atom. The SMILES string of the molecule is O=C(Nc1ccc(C(=O)O)c(O)c1)NC1CCCOC1. The lowest BCUT2D eigenvalue weighted by Gasteiger charge is -2.23. The molecular formula is C13H16N2O5. The molecular weight excluding hydrogens is 264 g/mol. The van der Waals surface area contributed by atoms with Gasteiger partial charge in [-0.25, -0.2) is 9.59 Å². The van der Waals surface area contributed by atoms with Crippen LogP contribution in [0.25, 0.3) is 0 Å². The Morgan fingerprint density at radius 2 is 2.15 bits per heavy atom. The normalized spacial score (nSPS) is 18.3. The number of urea groups is 1.